The van der Waals surface area contributed by atoms with E-state index in [4.69, 9.17) is 31.8 Å². The fourth-order valence-electron chi connectivity index (χ4n) is 5.09. The number of anilines is 1. The van der Waals surface area contributed by atoms with Crippen molar-refractivity contribution in [2.24, 2.45) is 0 Å². The van der Waals surface area contributed by atoms with Gasteiger partial charge in [-0.3, -0.25) is 28.6 Å². The zero-order valence-corrected chi connectivity index (χ0v) is 23.7. The van der Waals surface area contributed by atoms with E-state index in [0.29, 0.717) is 39.3 Å². The summed E-state index contributed by atoms with van der Waals surface area (Å²) >= 11 is 6.52. The lowest BCUT2D eigenvalue weighted by molar-refractivity contribution is -0.137. The van der Waals surface area contributed by atoms with Crippen molar-refractivity contribution in [3.63, 3.8) is 0 Å². The van der Waals surface area contributed by atoms with Gasteiger partial charge in [0.1, 0.15) is 15.8 Å². The first kappa shape index (κ1) is 27.2. The highest BCUT2D eigenvalue weighted by molar-refractivity contribution is 8.26. The topological polar surface area (TPSA) is 117 Å². The number of amides is 1. The lowest BCUT2D eigenvalue weighted by Crippen LogP contribution is -2.47. The Kier molecular flexibility index (Phi) is 7.65. The lowest BCUT2D eigenvalue weighted by Gasteiger charge is -2.36. The number of thiocarbonyl (C=S) groups is 1. The van der Waals surface area contributed by atoms with Gasteiger partial charge in [0.05, 0.1) is 10.5 Å². The molecule has 3 aliphatic rings. The second-order valence-corrected chi connectivity index (χ2v) is 11.5. The maximum absolute atomic E-state index is 13.7. The molecular formula is C28H27N5O6S2. The second-order valence-electron chi connectivity index (χ2n) is 9.86. The molecule has 0 aliphatic carbocycles. The number of ether oxygens (including phenoxy) is 2. The number of fused-ring (bicyclic) bond motifs is 2. The molecule has 2 fully saturated rings. The Morgan fingerprint density at radius 2 is 1.90 bits per heavy atom. The highest BCUT2D eigenvalue weighted by Gasteiger charge is 2.33. The molecular weight excluding hydrogens is 566 g/mol. The average Bonchev–Trinajstić information content (AvgIpc) is 3.54. The van der Waals surface area contributed by atoms with E-state index >= 15 is 0 Å². The molecule has 41 heavy (non-hydrogen) atoms. The van der Waals surface area contributed by atoms with Gasteiger partial charge in [0.2, 0.25) is 6.79 Å². The standard InChI is InChI=1S/C28H27N5O6S2/c34-24(35)5-3-9-33-27(37)22(41-28(33)40)15-19-25(29-23-4-1-2-8-32(23)26(19)36)31-12-10-30(11-13-31)16-18-6-7-20-21(14-18)39-17-38-20/h1-2,4,6-8,14-15H,3,5,9-13,16-17H2,(H,34,35). The predicted molar refractivity (Wildman–Crippen MR) is 158 cm³/mol. The Labute approximate surface area is 245 Å². The van der Waals surface area contributed by atoms with E-state index in [0.717, 1.165) is 48.5 Å². The van der Waals surface area contributed by atoms with Crippen LogP contribution in [0.25, 0.3) is 11.7 Å². The maximum atomic E-state index is 13.7. The van der Waals surface area contributed by atoms with E-state index in [1.54, 1.807) is 24.4 Å². The molecule has 6 rings (SSSR count). The number of hydrogen-bond donors (Lipinski definition) is 1. The third-order valence-corrected chi connectivity index (χ3v) is 8.56. The molecule has 0 bridgehead atoms. The van der Waals surface area contributed by atoms with E-state index in [9.17, 15) is 14.4 Å². The zero-order valence-electron chi connectivity index (χ0n) is 22.0. The summed E-state index contributed by atoms with van der Waals surface area (Å²) in [6.07, 6.45) is 3.47. The van der Waals surface area contributed by atoms with Gasteiger partial charge in [-0.2, -0.15) is 0 Å². The van der Waals surface area contributed by atoms with Crippen LogP contribution in [0.4, 0.5) is 5.82 Å². The molecule has 3 aromatic rings. The van der Waals surface area contributed by atoms with Gasteiger partial charge in [-0.15, -0.1) is 0 Å². The van der Waals surface area contributed by atoms with Crippen molar-refractivity contribution in [3.05, 3.63) is 69.0 Å². The van der Waals surface area contributed by atoms with Crippen LogP contribution in [-0.4, -0.2) is 80.0 Å². The molecule has 3 aliphatic heterocycles. The smallest absolute Gasteiger partial charge is 0.303 e. The monoisotopic (exact) mass is 593 g/mol. The minimum absolute atomic E-state index is 0.0587. The summed E-state index contributed by atoms with van der Waals surface area (Å²) < 4.78 is 12.7. The summed E-state index contributed by atoms with van der Waals surface area (Å²) in [6, 6.07) is 11.4. The summed E-state index contributed by atoms with van der Waals surface area (Å²) in [5.41, 5.74) is 1.71. The van der Waals surface area contributed by atoms with Crippen molar-refractivity contribution in [3.8, 4) is 11.5 Å². The van der Waals surface area contributed by atoms with Gasteiger partial charge in [-0.1, -0.05) is 36.1 Å². The van der Waals surface area contributed by atoms with Crippen LogP contribution in [-0.2, 0) is 16.1 Å². The molecule has 1 N–H and O–H groups in total. The molecule has 5 heterocycles. The SMILES string of the molecule is O=C(O)CCCN1C(=O)C(=Cc2c(N3CCN(Cc4ccc5c(c4)OCO5)CC3)nc3ccccn3c2=O)SC1=S. The Hall–Kier alpha value is -3.94. The number of aliphatic carboxylic acids is 1. The third kappa shape index (κ3) is 5.65. The first-order valence-corrected chi connectivity index (χ1v) is 14.4. The van der Waals surface area contributed by atoms with Crippen LogP contribution in [0.1, 0.15) is 24.0 Å². The van der Waals surface area contributed by atoms with Crippen LogP contribution < -0.4 is 19.9 Å². The molecule has 13 heteroatoms. The summed E-state index contributed by atoms with van der Waals surface area (Å²) in [5.74, 6) is 0.792. The van der Waals surface area contributed by atoms with Crippen LogP contribution in [0.15, 0.2) is 52.3 Å². The van der Waals surface area contributed by atoms with Gasteiger partial charge in [0, 0.05) is 51.9 Å². The second kappa shape index (κ2) is 11.5. The minimum Gasteiger partial charge on any atom is -0.481 e. The largest absolute Gasteiger partial charge is 0.481 e. The number of carboxylic acids is 1. The van der Waals surface area contributed by atoms with Crippen molar-refractivity contribution < 1.29 is 24.2 Å². The number of hydrogen-bond acceptors (Lipinski definition) is 10. The van der Waals surface area contributed by atoms with Gasteiger partial charge in [-0.05, 0) is 42.3 Å². The average molecular weight is 594 g/mol. The van der Waals surface area contributed by atoms with E-state index in [1.165, 1.54) is 9.30 Å². The molecule has 0 saturated carbocycles. The van der Waals surface area contributed by atoms with Crippen molar-refractivity contribution >= 4 is 57.7 Å². The van der Waals surface area contributed by atoms with E-state index in [-0.39, 0.29) is 37.6 Å². The van der Waals surface area contributed by atoms with Crippen molar-refractivity contribution in [1.29, 1.82) is 0 Å². The van der Waals surface area contributed by atoms with Crippen LogP contribution in [0.2, 0.25) is 0 Å². The predicted octanol–water partition coefficient (Wildman–Crippen LogP) is 2.81. The minimum atomic E-state index is -0.929. The van der Waals surface area contributed by atoms with Crippen LogP contribution in [0.5, 0.6) is 11.5 Å². The number of carbonyl (C=O) groups excluding carboxylic acids is 1. The molecule has 212 valence electrons. The first-order chi connectivity index (χ1) is 19.9. The van der Waals surface area contributed by atoms with Crippen molar-refractivity contribution in [2.45, 2.75) is 19.4 Å². The molecule has 0 atom stereocenters. The summed E-state index contributed by atoms with van der Waals surface area (Å²) in [6.45, 7) is 4.03. The van der Waals surface area contributed by atoms with E-state index in [2.05, 4.69) is 9.80 Å². The molecule has 2 saturated heterocycles. The quantitative estimate of drug-likeness (QED) is 0.307. The van der Waals surface area contributed by atoms with Gasteiger partial charge >= 0.3 is 5.97 Å². The van der Waals surface area contributed by atoms with Gasteiger partial charge in [0.25, 0.3) is 11.5 Å². The third-order valence-electron chi connectivity index (χ3n) is 7.19. The molecule has 0 unspecified atom stereocenters. The fraction of sp³-hybridized carbons (Fsp3) is 0.321. The Morgan fingerprint density at radius 1 is 1.10 bits per heavy atom. The normalized spacial score (nSPS) is 18.2. The first-order valence-electron chi connectivity index (χ1n) is 13.2. The maximum Gasteiger partial charge on any atom is 0.303 e. The zero-order chi connectivity index (χ0) is 28.5. The molecule has 1 amide bonds. The molecule has 0 radical (unpaired) electrons. The number of nitrogens with zero attached hydrogens (tertiary/aromatic N) is 5. The van der Waals surface area contributed by atoms with E-state index < -0.39 is 5.97 Å². The van der Waals surface area contributed by atoms with Gasteiger partial charge in [-0.25, -0.2) is 4.98 Å². The number of rotatable bonds is 8. The van der Waals surface area contributed by atoms with Crippen LogP contribution >= 0.6 is 24.0 Å². The number of thioether (sulfide) groups is 1. The molecule has 11 nitrogen and oxygen atoms in total. The van der Waals surface area contributed by atoms with E-state index in [1.807, 2.05) is 24.3 Å². The highest BCUT2D eigenvalue weighted by Crippen LogP contribution is 2.35. The summed E-state index contributed by atoms with van der Waals surface area (Å²) in [4.78, 5) is 48.8. The number of pyridine rings is 1. The van der Waals surface area contributed by atoms with Crippen molar-refractivity contribution in [1.82, 2.24) is 19.2 Å². The number of aromatic nitrogens is 2. The lowest BCUT2D eigenvalue weighted by atomic mass is 10.1. The summed E-state index contributed by atoms with van der Waals surface area (Å²) in [5, 5.41) is 8.95. The molecule has 1 aromatic carbocycles. The number of benzene rings is 1. The highest BCUT2D eigenvalue weighted by atomic mass is 32.2. The fourth-order valence-corrected chi connectivity index (χ4v) is 6.38. The number of piperazine rings is 1. The Bertz CT molecular complexity index is 1630. The van der Waals surface area contributed by atoms with Gasteiger partial charge < -0.3 is 19.5 Å². The van der Waals surface area contributed by atoms with Crippen molar-refractivity contribution in [2.75, 3.05) is 44.4 Å². The molecule has 2 aromatic heterocycles. The van der Waals surface area contributed by atoms with Crippen LogP contribution in [0, 0.1) is 0 Å². The number of carboxylic acid groups (broad SMARTS) is 1. The Morgan fingerprint density at radius 3 is 2.71 bits per heavy atom. The Balaban J connectivity index is 1.24. The molecule has 0 spiro atoms. The summed E-state index contributed by atoms with van der Waals surface area (Å²) in [7, 11) is 0. The van der Waals surface area contributed by atoms with Crippen LogP contribution in [0.3, 0.4) is 0 Å². The number of carbonyl (C=O) groups is 2. The van der Waals surface area contributed by atoms with Gasteiger partial charge in [0.15, 0.2) is 11.5 Å².